The standard InChI is InChI=1S/C11H16N2O2/c1-8-2-3-9(11(14)15)10(6-8)13-5-4-12-7-13/h4-5,7-10H,2-3,6H2,1H3,(H,14,15). The zero-order valence-corrected chi connectivity index (χ0v) is 8.84. The van der Waals surface area contributed by atoms with Crippen molar-refractivity contribution in [3.8, 4) is 0 Å². The number of hydrogen-bond donors (Lipinski definition) is 1. The molecular formula is C11H16N2O2. The van der Waals surface area contributed by atoms with Crippen LogP contribution in [-0.4, -0.2) is 20.6 Å². The Bertz CT molecular complexity index is 334. The van der Waals surface area contributed by atoms with Gasteiger partial charge in [0, 0.05) is 18.4 Å². The van der Waals surface area contributed by atoms with Crippen molar-refractivity contribution in [1.82, 2.24) is 9.55 Å². The minimum absolute atomic E-state index is 0.0775. The van der Waals surface area contributed by atoms with Crippen LogP contribution in [0, 0.1) is 11.8 Å². The third kappa shape index (κ3) is 2.03. The fourth-order valence-corrected chi connectivity index (χ4v) is 2.43. The number of carboxylic acids is 1. The third-order valence-electron chi connectivity index (χ3n) is 3.30. The topological polar surface area (TPSA) is 55.1 Å². The van der Waals surface area contributed by atoms with Crippen molar-refractivity contribution in [2.24, 2.45) is 11.8 Å². The van der Waals surface area contributed by atoms with Crippen molar-refractivity contribution < 1.29 is 9.90 Å². The van der Waals surface area contributed by atoms with E-state index < -0.39 is 5.97 Å². The van der Waals surface area contributed by atoms with Gasteiger partial charge in [-0.1, -0.05) is 6.92 Å². The summed E-state index contributed by atoms with van der Waals surface area (Å²) < 4.78 is 1.94. The van der Waals surface area contributed by atoms with E-state index in [9.17, 15) is 4.79 Å². The number of carbonyl (C=O) groups is 1. The molecule has 1 saturated carbocycles. The lowest BCUT2D eigenvalue weighted by Gasteiger charge is -2.33. The zero-order chi connectivity index (χ0) is 10.8. The Balaban J connectivity index is 2.20. The van der Waals surface area contributed by atoms with Crippen molar-refractivity contribution in [1.29, 1.82) is 0 Å². The first-order valence-corrected chi connectivity index (χ1v) is 5.38. The third-order valence-corrected chi connectivity index (χ3v) is 3.30. The van der Waals surface area contributed by atoms with E-state index in [1.54, 1.807) is 12.5 Å². The van der Waals surface area contributed by atoms with E-state index in [-0.39, 0.29) is 12.0 Å². The molecule has 0 radical (unpaired) electrons. The average Bonchev–Trinajstić information content (AvgIpc) is 2.69. The molecule has 82 valence electrons. The smallest absolute Gasteiger partial charge is 0.308 e. The van der Waals surface area contributed by atoms with Gasteiger partial charge in [-0.3, -0.25) is 4.79 Å². The lowest BCUT2D eigenvalue weighted by molar-refractivity contribution is -0.144. The van der Waals surface area contributed by atoms with E-state index in [4.69, 9.17) is 5.11 Å². The van der Waals surface area contributed by atoms with Crippen molar-refractivity contribution in [3.05, 3.63) is 18.7 Å². The minimum atomic E-state index is -0.680. The van der Waals surface area contributed by atoms with E-state index in [2.05, 4.69) is 11.9 Å². The molecule has 1 N–H and O–H groups in total. The molecule has 4 heteroatoms. The van der Waals surface area contributed by atoms with Crippen molar-refractivity contribution in [2.75, 3.05) is 0 Å². The Kier molecular flexibility index (Phi) is 2.75. The Morgan fingerprint density at radius 3 is 2.93 bits per heavy atom. The highest BCUT2D eigenvalue weighted by Crippen LogP contribution is 2.37. The molecule has 0 bridgehead atoms. The van der Waals surface area contributed by atoms with E-state index in [0.29, 0.717) is 5.92 Å². The summed E-state index contributed by atoms with van der Waals surface area (Å²) in [5.41, 5.74) is 0. The Morgan fingerprint density at radius 1 is 1.53 bits per heavy atom. The van der Waals surface area contributed by atoms with Gasteiger partial charge in [0.15, 0.2) is 0 Å². The molecule has 1 aliphatic carbocycles. The average molecular weight is 208 g/mol. The van der Waals surface area contributed by atoms with Crippen LogP contribution in [0.3, 0.4) is 0 Å². The van der Waals surface area contributed by atoms with Gasteiger partial charge in [0.1, 0.15) is 0 Å². The summed E-state index contributed by atoms with van der Waals surface area (Å²) in [5, 5.41) is 9.16. The maximum atomic E-state index is 11.1. The van der Waals surface area contributed by atoms with Gasteiger partial charge in [0.05, 0.1) is 12.2 Å². The Morgan fingerprint density at radius 2 is 2.33 bits per heavy atom. The molecule has 1 aromatic rings. The lowest BCUT2D eigenvalue weighted by atomic mass is 9.79. The first kappa shape index (κ1) is 10.2. The van der Waals surface area contributed by atoms with E-state index >= 15 is 0 Å². The van der Waals surface area contributed by atoms with E-state index in [1.165, 1.54) is 0 Å². The summed E-state index contributed by atoms with van der Waals surface area (Å²) >= 11 is 0. The summed E-state index contributed by atoms with van der Waals surface area (Å²) in [6.07, 6.45) is 8.02. The highest BCUT2D eigenvalue weighted by molar-refractivity contribution is 5.70. The number of nitrogens with zero attached hydrogens (tertiary/aromatic N) is 2. The van der Waals surface area contributed by atoms with Gasteiger partial charge in [-0.05, 0) is 25.2 Å². The minimum Gasteiger partial charge on any atom is -0.481 e. The van der Waals surface area contributed by atoms with E-state index in [0.717, 1.165) is 19.3 Å². The normalized spacial score (nSPS) is 31.4. The van der Waals surface area contributed by atoms with Crippen LogP contribution in [0.15, 0.2) is 18.7 Å². The molecule has 3 unspecified atom stereocenters. The molecule has 0 saturated heterocycles. The van der Waals surface area contributed by atoms with Crippen molar-refractivity contribution in [3.63, 3.8) is 0 Å². The molecule has 15 heavy (non-hydrogen) atoms. The summed E-state index contributed by atoms with van der Waals surface area (Å²) in [6, 6.07) is 0.0775. The molecule has 2 rings (SSSR count). The number of hydrogen-bond acceptors (Lipinski definition) is 2. The van der Waals surface area contributed by atoms with E-state index in [1.807, 2.05) is 10.8 Å². The predicted octanol–water partition coefficient (Wildman–Crippen LogP) is 1.94. The Labute approximate surface area is 88.9 Å². The predicted molar refractivity (Wildman–Crippen MR) is 55.4 cm³/mol. The lowest BCUT2D eigenvalue weighted by Crippen LogP contribution is -2.31. The number of carboxylic acid groups (broad SMARTS) is 1. The highest BCUT2D eigenvalue weighted by Gasteiger charge is 2.34. The summed E-state index contributed by atoms with van der Waals surface area (Å²) in [4.78, 5) is 15.1. The summed E-state index contributed by atoms with van der Waals surface area (Å²) in [7, 11) is 0. The second kappa shape index (κ2) is 4.04. The number of aromatic nitrogens is 2. The Hall–Kier alpha value is -1.32. The number of rotatable bonds is 2. The van der Waals surface area contributed by atoms with Gasteiger partial charge in [-0.2, -0.15) is 0 Å². The second-order valence-electron chi connectivity index (χ2n) is 4.44. The maximum Gasteiger partial charge on any atom is 0.308 e. The van der Waals surface area contributed by atoms with Crippen molar-refractivity contribution >= 4 is 5.97 Å². The van der Waals surface area contributed by atoms with Crippen molar-refractivity contribution in [2.45, 2.75) is 32.2 Å². The fourth-order valence-electron chi connectivity index (χ4n) is 2.43. The molecule has 4 nitrogen and oxygen atoms in total. The first-order valence-electron chi connectivity index (χ1n) is 5.38. The summed E-state index contributed by atoms with van der Waals surface area (Å²) in [5.74, 6) is -0.330. The van der Waals surface area contributed by atoms with Gasteiger partial charge in [-0.25, -0.2) is 4.98 Å². The molecule has 1 aliphatic rings. The highest BCUT2D eigenvalue weighted by atomic mass is 16.4. The van der Waals surface area contributed by atoms with Crippen LogP contribution in [0.4, 0.5) is 0 Å². The molecule has 1 aromatic heterocycles. The molecule has 0 spiro atoms. The van der Waals surface area contributed by atoms with Crippen LogP contribution in [0.2, 0.25) is 0 Å². The van der Waals surface area contributed by atoms with Gasteiger partial charge >= 0.3 is 5.97 Å². The molecular weight excluding hydrogens is 192 g/mol. The molecule has 1 heterocycles. The molecule has 1 fully saturated rings. The SMILES string of the molecule is CC1CCC(C(=O)O)C(n2ccnc2)C1. The monoisotopic (exact) mass is 208 g/mol. The van der Waals surface area contributed by atoms with Crippen LogP contribution in [0.5, 0.6) is 0 Å². The fraction of sp³-hybridized carbons (Fsp3) is 0.636. The molecule has 3 atom stereocenters. The van der Waals surface area contributed by atoms with Gasteiger partial charge in [0.2, 0.25) is 0 Å². The number of aliphatic carboxylic acids is 1. The molecule has 0 amide bonds. The van der Waals surface area contributed by atoms with Crippen LogP contribution in [0.1, 0.15) is 32.2 Å². The number of imidazole rings is 1. The van der Waals surface area contributed by atoms with Crippen LogP contribution >= 0.6 is 0 Å². The van der Waals surface area contributed by atoms with Gasteiger partial charge in [-0.15, -0.1) is 0 Å². The largest absolute Gasteiger partial charge is 0.481 e. The summed E-state index contributed by atoms with van der Waals surface area (Å²) in [6.45, 7) is 2.18. The van der Waals surface area contributed by atoms with Gasteiger partial charge in [0.25, 0.3) is 0 Å². The first-order chi connectivity index (χ1) is 7.18. The molecule has 0 aromatic carbocycles. The van der Waals surface area contributed by atoms with Crippen LogP contribution in [-0.2, 0) is 4.79 Å². The maximum absolute atomic E-state index is 11.1. The zero-order valence-electron chi connectivity index (χ0n) is 8.84. The van der Waals surface area contributed by atoms with Crippen LogP contribution in [0.25, 0.3) is 0 Å². The van der Waals surface area contributed by atoms with Gasteiger partial charge < -0.3 is 9.67 Å². The quantitative estimate of drug-likeness (QED) is 0.808. The van der Waals surface area contributed by atoms with Crippen LogP contribution < -0.4 is 0 Å². The second-order valence-corrected chi connectivity index (χ2v) is 4.44. The molecule has 0 aliphatic heterocycles.